The number of carboxylic acids is 1. The average Bonchev–Trinajstić information content (AvgIpc) is 2.89. The third-order valence-corrected chi connectivity index (χ3v) is 5.11. The van der Waals surface area contributed by atoms with E-state index in [0.717, 1.165) is 0 Å². The Hall–Kier alpha value is -4.39. The fraction of sp³-hybridized carbons (Fsp3) is 0.250. The van der Waals surface area contributed by atoms with Crippen LogP contribution in [0.2, 0.25) is 0 Å². The Bertz CT molecular complexity index is 1180. The number of nitrogens with zero attached hydrogens (tertiary/aromatic N) is 4. The Kier molecular flexibility index (Phi) is 8.85. The Balaban J connectivity index is 0.000000356. The number of hydrogen-bond acceptors (Lipinski definition) is 8. The number of carbonyl (C=O) groups excluding carboxylic acids is 1. The minimum absolute atomic E-state index is 0.0969. The van der Waals surface area contributed by atoms with Crippen molar-refractivity contribution in [2.24, 2.45) is 5.10 Å². The standard InChI is InChI=1S/C19H18F3N3O3.C5H6N2O2/c1-13(12-26)24-17(14-4-6-16(7-5-14)28-19(20,21)22)8-9-18(27)25(24)15-3-2-10-23-11-15;8-5(9)4-1-2-6-7-3-4/h2-8,10-11,13,26H,9,12H2,1H3;1-2,7H,3H2,(H,8,9). The van der Waals surface area contributed by atoms with E-state index in [9.17, 15) is 27.9 Å². The number of halogens is 3. The molecule has 2 aliphatic rings. The topological polar surface area (TPSA) is 128 Å². The molecule has 0 saturated heterocycles. The number of hydrazone groups is 1. The van der Waals surface area contributed by atoms with Crippen molar-refractivity contribution in [2.45, 2.75) is 25.7 Å². The number of rotatable bonds is 6. The number of ether oxygens (including phenoxy) is 1. The second-order valence-corrected chi connectivity index (χ2v) is 7.77. The average molecular weight is 519 g/mol. The van der Waals surface area contributed by atoms with Gasteiger partial charge in [0, 0.05) is 18.8 Å². The molecule has 0 aliphatic carbocycles. The lowest BCUT2D eigenvalue weighted by Crippen LogP contribution is -2.53. The van der Waals surface area contributed by atoms with E-state index < -0.39 is 18.4 Å². The number of anilines is 1. The van der Waals surface area contributed by atoms with Crippen LogP contribution in [-0.2, 0) is 9.59 Å². The smallest absolute Gasteiger partial charge is 0.478 e. The number of allylic oxidation sites excluding steroid dienone is 1. The number of hydrogen-bond donors (Lipinski definition) is 3. The number of aromatic nitrogens is 1. The number of carbonyl (C=O) groups is 2. The maximum atomic E-state index is 12.6. The highest BCUT2D eigenvalue weighted by atomic mass is 19.4. The van der Waals surface area contributed by atoms with Gasteiger partial charge in [0.25, 0.3) is 0 Å². The van der Waals surface area contributed by atoms with Gasteiger partial charge in [-0.15, -0.1) is 13.2 Å². The van der Waals surface area contributed by atoms with Gasteiger partial charge in [0.05, 0.1) is 42.3 Å². The maximum absolute atomic E-state index is 12.6. The van der Waals surface area contributed by atoms with E-state index in [-0.39, 0.29) is 24.7 Å². The van der Waals surface area contributed by atoms with Gasteiger partial charge in [-0.3, -0.25) is 14.8 Å². The van der Waals surface area contributed by atoms with Crippen molar-refractivity contribution in [3.8, 4) is 5.75 Å². The van der Waals surface area contributed by atoms with E-state index in [1.165, 1.54) is 47.8 Å². The zero-order chi connectivity index (χ0) is 27.0. The molecule has 1 amide bonds. The Labute approximate surface area is 209 Å². The van der Waals surface area contributed by atoms with E-state index in [4.69, 9.17) is 5.11 Å². The number of hydrazine groups is 1. The first-order valence-corrected chi connectivity index (χ1v) is 11.0. The molecule has 4 rings (SSSR count). The van der Waals surface area contributed by atoms with Crippen LogP contribution in [0.25, 0.3) is 5.70 Å². The number of amides is 1. The summed E-state index contributed by atoms with van der Waals surface area (Å²) in [7, 11) is 0. The Morgan fingerprint density at radius 1 is 1.24 bits per heavy atom. The lowest BCUT2D eigenvalue weighted by Gasteiger charge is -2.43. The SMILES string of the molecule is CC(CO)N1C(c2ccc(OC(F)(F)F)cc2)=CCC(=O)N1c1cccnc1.O=C(O)C1=CC=NNC1. The third-order valence-electron chi connectivity index (χ3n) is 5.11. The van der Waals surface area contributed by atoms with Crippen molar-refractivity contribution < 1.29 is 37.7 Å². The van der Waals surface area contributed by atoms with Crippen LogP contribution in [0.15, 0.2) is 71.6 Å². The molecule has 1 aromatic heterocycles. The zero-order valence-corrected chi connectivity index (χ0v) is 19.6. The largest absolute Gasteiger partial charge is 0.573 e. The third kappa shape index (κ3) is 7.30. The number of aliphatic hydroxyl groups is 1. The molecule has 10 nitrogen and oxygen atoms in total. The first kappa shape index (κ1) is 27.2. The number of pyridine rings is 1. The first-order chi connectivity index (χ1) is 17.6. The summed E-state index contributed by atoms with van der Waals surface area (Å²) in [5.74, 6) is -1.45. The Morgan fingerprint density at radius 3 is 2.49 bits per heavy atom. The van der Waals surface area contributed by atoms with Crippen LogP contribution in [-0.4, -0.2) is 63.9 Å². The van der Waals surface area contributed by atoms with Crippen molar-refractivity contribution in [1.29, 1.82) is 0 Å². The van der Waals surface area contributed by atoms with Gasteiger partial charge in [-0.1, -0.05) is 0 Å². The van der Waals surface area contributed by atoms with Crippen LogP contribution in [0.3, 0.4) is 0 Å². The van der Waals surface area contributed by atoms with Gasteiger partial charge >= 0.3 is 12.3 Å². The number of carboxylic acid groups (broad SMARTS) is 1. The molecule has 1 aromatic carbocycles. The van der Waals surface area contributed by atoms with Gasteiger partial charge in [-0.2, -0.15) is 5.10 Å². The summed E-state index contributed by atoms with van der Waals surface area (Å²) in [5, 5.41) is 24.7. The van der Waals surface area contributed by atoms with E-state index in [1.54, 1.807) is 36.3 Å². The monoisotopic (exact) mass is 519 g/mol. The molecule has 2 aliphatic heterocycles. The quantitative estimate of drug-likeness (QED) is 0.532. The maximum Gasteiger partial charge on any atom is 0.573 e. The summed E-state index contributed by atoms with van der Waals surface area (Å²) in [4.78, 5) is 26.8. The first-order valence-electron chi connectivity index (χ1n) is 11.0. The molecule has 37 heavy (non-hydrogen) atoms. The summed E-state index contributed by atoms with van der Waals surface area (Å²) in [6, 6.07) is 8.29. The molecule has 0 spiro atoms. The lowest BCUT2D eigenvalue weighted by molar-refractivity contribution is -0.274. The van der Waals surface area contributed by atoms with Crippen LogP contribution >= 0.6 is 0 Å². The fourth-order valence-corrected chi connectivity index (χ4v) is 3.45. The van der Waals surface area contributed by atoms with E-state index in [1.807, 2.05) is 0 Å². The number of aliphatic carboxylic acids is 1. The highest BCUT2D eigenvalue weighted by Gasteiger charge is 2.34. The molecule has 0 bridgehead atoms. The zero-order valence-electron chi connectivity index (χ0n) is 19.6. The number of nitrogens with one attached hydrogen (secondary N) is 1. The number of aliphatic hydroxyl groups excluding tert-OH is 1. The highest BCUT2D eigenvalue weighted by Crippen LogP contribution is 2.33. The molecule has 2 aromatic rings. The van der Waals surface area contributed by atoms with Gasteiger partial charge in [0.1, 0.15) is 5.75 Å². The fourth-order valence-electron chi connectivity index (χ4n) is 3.45. The van der Waals surface area contributed by atoms with Crippen molar-refractivity contribution in [3.05, 3.63) is 72.1 Å². The van der Waals surface area contributed by atoms with Gasteiger partial charge in [0.2, 0.25) is 5.91 Å². The second-order valence-electron chi connectivity index (χ2n) is 7.77. The summed E-state index contributed by atoms with van der Waals surface area (Å²) in [5.41, 5.74) is 4.56. The van der Waals surface area contributed by atoms with Gasteiger partial charge < -0.3 is 20.4 Å². The minimum atomic E-state index is -4.77. The normalized spacial score (nSPS) is 16.1. The summed E-state index contributed by atoms with van der Waals surface area (Å²) in [6.07, 6.45) is 3.01. The minimum Gasteiger partial charge on any atom is -0.478 e. The number of benzene rings is 1. The van der Waals surface area contributed by atoms with Crippen molar-refractivity contribution in [2.75, 3.05) is 18.2 Å². The molecule has 13 heteroatoms. The van der Waals surface area contributed by atoms with Gasteiger partial charge in [-0.25, -0.2) is 9.80 Å². The lowest BCUT2D eigenvalue weighted by atomic mass is 10.1. The molecule has 196 valence electrons. The predicted molar refractivity (Wildman–Crippen MR) is 128 cm³/mol. The van der Waals surface area contributed by atoms with Crippen LogP contribution in [0.5, 0.6) is 5.75 Å². The molecular weight excluding hydrogens is 495 g/mol. The molecule has 0 radical (unpaired) electrons. The van der Waals surface area contributed by atoms with Crippen molar-refractivity contribution in [1.82, 2.24) is 15.4 Å². The summed E-state index contributed by atoms with van der Waals surface area (Å²) in [6.45, 7) is 1.80. The highest BCUT2D eigenvalue weighted by molar-refractivity contribution is 5.98. The van der Waals surface area contributed by atoms with Crippen LogP contribution < -0.4 is 15.2 Å². The van der Waals surface area contributed by atoms with Crippen molar-refractivity contribution in [3.63, 3.8) is 0 Å². The molecule has 1 unspecified atom stereocenters. The van der Waals surface area contributed by atoms with Crippen LogP contribution in [0, 0.1) is 0 Å². The van der Waals surface area contributed by atoms with E-state index >= 15 is 0 Å². The molecule has 3 heterocycles. The number of alkyl halides is 3. The van der Waals surface area contributed by atoms with E-state index in [0.29, 0.717) is 29.1 Å². The Morgan fingerprint density at radius 2 is 1.97 bits per heavy atom. The predicted octanol–water partition coefficient (Wildman–Crippen LogP) is 2.94. The van der Waals surface area contributed by atoms with Gasteiger partial charge in [0.15, 0.2) is 0 Å². The molecule has 0 saturated carbocycles. The summed E-state index contributed by atoms with van der Waals surface area (Å²) < 4.78 is 41.0. The van der Waals surface area contributed by atoms with Crippen LogP contribution in [0.4, 0.5) is 18.9 Å². The molecule has 3 N–H and O–H groups in total. The van der Waals surface area contributed by atoms with E-state index in [2.05, 4.69) is 20.2 Å². The molecule has 0 fully saturated rings. The van der Waals surface area contributed by atoms with Gasteiger partial charge in [-0.05, 0) is 61.0 Å². The summed E-state index contributed by atoms with van der Waals surface area (Å²) >= 11 is 0. The molecule has 1 atom stereocenters. The molecular formula is C24H24F3N5O5. The van der Waals surface area contributed by atoms with Crippen molar-refractivity contribution >= 4 is 29.5 Å². The second kappa shape index (κ2) is 12.0. The van der Waals surface area contributed by atoms with Crippen LogP contribution in [0.1, 0.15) is 18.9 Å².